The second-order valence-electron chi connectivity index (χ2n) is 8.33. The highest BCUT2D eigenvalue weighted by molar-refractivity contribution is 5.88. The summed E-state index contributed by atoms with van der Waals surface area (Å²) in [5.74, 6) is 1.44. The summed E-state index contributed by atoms with van der Waals surface area (Å²) in [6.45, 7) is 2.56. The molecule has 3 rings (SSSR count). The number of amides is 2. The number of hydrogen-bond acceptors (Lipinski definition) is 5. The molecule has 1 N–H and O–H groups in total. The van der Waals surface area contributed by atoms with Crippen molar-refractivity contribution in [1.29, 1.82) is 0 Å². The highest BCUT2D eigenvalue weighted by Crippen LogP contribution is 2.20. The fourth-order valence-electron chi connectivity index (χ4n) is 3.79. The van der Waals surface area contributed by atoms with Crippen LogP contribution in [-0.2, 0) is 22.6 Å². The summed E-state index contributed by atoms with van der Waals surface area (Å²) >= 11 is 0. The van der Waals surface area contributed by atoms with Crippen molar-refractivity contribution in [2.24, 2.45) is 0 Å². The topological polar surface area (TPSA) is 77.1 Å². The lowest BCUT2D eigenvalue weighted by Gasteiger charge is -2.31. The standard InChI is InChI=1S/C29H34N2O5/c1-4-17-30-29(33)27(19-22-9-6-5-7-10-22)31(20-23-11-8-12-26(18-23)35-3)28(32)21-36-25-15-13-24(34-2)14-16-25/h5-16,18,27H,4,17,19-21H2,1-3H3,(H,30,33). The van der Waals surface area contributed by atoms with Gasteiger partial charge in [-0.15, -0.1) is 0 Å². The number of ether oxygens (including phenoxy) is 3. The van der Waals surface area contributed by atoms with Crippen molar-refractivity contribution >= 4 is 11.8 Å². The van der Waals surface area contributed by atoms with Crippen LogP contribution in [0.25, 0.3) is 0 Å². The first-order chi connectivity index (χ1) is 17.5. The predicted molar refractivity (Wildman–Crippen MR) is 139 cm³/mol. The first-order valence-corrected chi connectivity index (χ1v) is 12.0. The van der Waals surface area contributed by atoms with Crippen LogP contribution in [0.2, 0.25) is 0 Å². The molecule has 0 aliphatic heterocycles. The molecule has 0 radical (unpaired) electrons. The molecule has 0 spiro atoms. The number of carbonyl (C=O) groups excluding carboxylic acids is 2. The van der Waals surface area contributed by atoms with Crippen LogP contribution in [0.4, 0.5) is 0 Å². The van der Waals surface area contributed by atoms with Gasteiger partial charge in [0.05, 0.1) is 14.2 Å². The molecule has 7 heteroatoms. The van der Waals surface area contributed by atoms with Gasteiger partial charge in [-0.25, -0.2) is 0 Å². The van der Waals surface area contributed by atoms with E-state index < -0.39 is 6.04 Å². The third-order valence-electron chi connectivity index (χ3n) is 5.73. The summed E-state index contributed by atoms with van der Waals surface area (Å²) in [5, 5.41) is 2.97. The molecule has 7 nitrogen and oxygen atoms in total. The van der Waals surface area contributed by atoms with E-state index in [0.29, 0.717) is 30.2 Å². The lowest BCUT2D eigenvalue weighted by atomic mass is 10.0. The number of nitrogens with zero attached hydrogens (tertiary/aromatic N) is 1. The number of methoxy groups -OCH3 is 2. The van der Waals surface area contributed by atoms with E-state index >= 15 is 0 Å². The molecule has 1 unspecified atom stereocenters. The van der Waals surface area contributed by atoms with Crippen molar-refractivity contribution in [1.82, 2.24) is 10.2 Å². The van der Waals surface area contributed by atoms with Crippen LogP contribution in [0, 0.1) is 0 Å². The molecule has 3 aromatic rings. The minimum atomic E-state index is -0.711. The van der Waals surface area contributed by atoms with Crippen LogP contribution in [-0.4, -0.2) is 50.1 Å². The summed E-state index contributed by atoms with van der Waals surface area (Å²) < 4.78 is 16.3. The second-order valence-corrected chi connectivity index (χ2v) is 8.33. The highest BCUT2D eigenvalue weighted by atomic mass is 16.5. The molecule has 190 valence electrons. The molecular formula is C29H34N2O5. The van der Waals surface area contributed by atoms with Crippen LogP contribution in [0.15, 0.2) is 78.9 Å². The van der Waals surface area contributed by atoms with Gasteiger partial charge in [0.2, 0.25) is 5.91 Å². The van der Waals surface area contributed by atoms with Crippen LogP contribution in [0.3, 0.4) is 0 Å². The number of benzene rings is 3. The van der Waals surface area contributed by atoms with Crippen LogP contribution in [0.1, 0.15) is 24.5 Å². The summed E-state index contributed by atoms with van der Waals surface area (Å²) in [5.41, 5.74) is 1.82. The molecule has 0 aliphatic rings. The number of hydrogen-bond donors (Lipinski definition) is 1. The monoisotopic (exact) mass is 490 g/mol. The highest BCUT2D eigenvalue weighted by Gasteiger charge is 2.30. The maximum atomic E-state index is 13.6. The Morgan fingerprint density at radius 3 is 2.17 bits per heavy atom. The molecule has 0 aliphatic carbocycles. The molecule has 2 amide bonds. The summed E-state index contributed by atoms with van der Waals surface area (Å²) in [4.78, 5) is 28.5. The van der Waals surface area contributed by atoms with Gasteiger partial charge in [0.15, 0.2) is 6.61 Å². The fraction of sp³-hybridized carbons (Fsp3) is 0.310. The molecule has 1 atom stereocenters. The quantitative estimate of drug-likeness (QED) is 0.388. The Hall–Kier alpha value is -4.00. The predicted octanol–water partition coefficient (Wildman–Crippen LogP) is 4.25. The molecule has 0 aromatic heterocycles. The Bertz CT molecular complexity index is 1100. The van der Waals surface area contributed by atoms with Crippen molar-refractivity contribution in [3.63, 3.8) is 0 Å². The van der Waals surface area contributed by atoms with Gasteiger partial charge in [0, 0.05) is 19.5 Å². The van der Waals surface area contributed by atoms with Gasteiger partial charge in [-0.05, 0) is 53.9 Å². The van der Waals surface area contributed by atoms with Gasteiger partial charge in [-0.3, -0.25) is 9.59 Å². The zero-order valence-corrected chi connectivity index (χ0v) is 21.1. The second kappa shape index (κ2) is 13.8. The van der Waals surface area contributed by atoms with Crippen molar-refractivity contribution in [2.45, 2.75) is 32.4 Å². The van der Waals surface area contributed by atoms with E-state index in [-0.39, 0.29) is 25.0 Å². The SMILES string of the molecule is CCCNC(=O)C(Cc1ccccc1)N(Cc1cccc(OC)c1)C(=O)COc1ccc(OC)cc1. The van der Waals surface area contributed by atoms with E-state index in [1.165, 1.54) is 0 Å². The zero-order chi connectivity index (χ0) is 25.8. The van der Waals surface area contributed by atoms with Crippen LogP contribution in [0.5, 0.6) is 17.2 Å². The summed E-state index contributed by atoms with van der Waals surface area (Å²) in [6.07, 6.45) is 1.18. The van der Waals surface area contributed by atoms with Crippen LogP contribution >= 0.6 is 0 Å². The Balaban J connectivity index is 1.88. The van der Waals surface area contributed by atoms with Crippen molar-refractivity contribution in [3.8, 4) is 17.2 Å². The normalized spacial score (nSPS) is 11.3. The van der Waals surface area contributed by atoms with E-state index in [0.717, 1.165) is 17.5 Å². The zero-order valence-electron chi connectivity index (χ0n) is 21.1. The van der Waals surface area contributed by atoms with E-state index in [1.807, 2.05) is 61.5 Å². The van der Waals surface area contributed by atoms with Crippen molar-refractivity contribution in [2.75, 3.05) is 27.4 Å². The number of nitrogens with one attached hydrogen (secondary N) is 1. The smallest absolute Gasteiger partial charge is 0.261 e. The van der Waals surface area contributed by atoms with Gasteiger partial charge in [0.1, 0.15) is 23.3 Å². The van der Waals surface area contributed by atoms with Gasteiger partial charge in [-0.2, -0.15) is 0 Å². The van der Waals surface area contributed by atoms with Crippen LogP contribution < -0.4 is 19.5 Å². The molecule has 36 heavy (non-hydrogen) atoms. The Morgan fingerprint density at radius 1 is 0.833 bits per heavy atom. The molecular weight excluding hydrogens is 456 g/mol. The summed E-state index contributed by atoms with van der Waals surface area (Å²) in [7, 11) is 3.19. The average molecular weight is 491 g/mol. The van der Waals surface area contributed by atoms with Gasteiger partial charge in [-0.1, -0.05) is 49.4 Å². The third kappa shape index (κ3) is 7.77. The largest absolute Gasteiger partial charge is 0.497 e. The van der Waals surface area contributed by atoms with Crippen molar-refractivity contribution < 1.29 is 23.8 Å². The Kier molecular flexibility index (Phi) is 10.2. The first kappa shape index (κ1) is 26.6. The van der Waals surface area contributed by atoms with Gasteiger partial charge < -0.3 is 24.4 Å². The minimum absolute atomic E-state index is 0.193. The number of carbonyl (C=O) groups is 2. The minimum Gasteiger partial charge on any atom is -0.497 e. The average Bonchev–Trinajstić information content (AvgIpc) is 2.93. The van der Waals surface area contributed by atoms with Crippen molar-refractivity contribution in [3.05, 3.63) is 90.0 Å². The molecule has 0 fully saturated rings. The Morgan fingerprint density at radius 2 is 1.50 bits per heavy atom. The molecule has 0 saturated heterocycles. The number of rotatable bonds is 13. The van der Waals surface area contributed by atoms with E-state index in [9.17, 15) is 9.59 Å². The lowest BCUT2D eigenvalue weighted by Crippen LogP contribution is -2.51. The lowest BCUT2D eigenvalue weighted by molar-refractivity contribution is -0.142. The van der Waals surface area contributed by atoms with E-state index in [2.05, 4.69) is 5.32 Å². The molecule has 3 aromatic carbocycles. The van der Waals surface area contributed by atoms with E-state index in [4.69, 9.17) is 14.2 Å². The van der Waals surface area contributed by atoms with Gasteiger partial charge >= 0.3 is 0 Å². The fourth-order valence-corrected chi connectivity index (χ4v) is 3.79. The molecule has 0 heterocycles. The summed E-state index contributed by atoms with van der Waals surface area (Å²) in [6, 6.07) is 23.5. The Labute approximate surface area is 213 Å². The molecule has 0 saturated carbocycles. The maximum Gasteiger partial charge on any atom is 0.261 e. The van der Waals surface area contributed by atoms with E-state index in [1.54, 1.807) is 43.4 Å². The molecule has 0 bridgehead atoms. The maximum absolute atomic E-state index is 13.6. The van der Waals surface area contributed by atoms with Gasteiger partial charge in [0.25, 0.3) is 5.91 Å². The third-order valence-corrected chi connectivity index (χ3v) is 5.73. The first-order valence-electron chi connectivity index (χ1n) is 12.0.